The molecule has 0 aromatic carbocycles. The predicted octanol–water partition coefficient (Wildman–Crippen LogP) is 2.76. The molecule has 2 rings (SSSR count). The van der Waals surface area contributed by atoms with Crippen LogP contribution in [0.15, 0.2) is 0 Å². The van der Waals surface area contributed by atoms with Gasteiger partial charge in [0, 0.05) is 16.5 Å². The molecule has 0 amide bonds. The number of thiazole rings is 1. The van der Waals surface area contributed by atoms with Crippen LogP contribution in [0.4, 0.5) is 0 Å². The maximum absolute atomic E-state index is 4.51. The van der Waals surface area contributed by atoms with Crippen molar-refractivity contribution in [2.75, 3.05) is 0 Å². The van der Waals surface area contributed by atoms with E-state index in [4.69, 9.17) is 0 Å². The van der Waals surface area contributed by atoms with Crippen molar-refractivity contribution in [2.45, 2.75) is 31.4 Å². The summed E-state index contributed by atoms with van der Waals surface area (Å²) in [5.41, 5.74) is 1.34. The van der Waals surface area contributed by atoms with E-state index in [1.807, 2.05) is 0 Å². The smallest absolute Gasteiger partial charge is 0.0900 e. The summed E-state index contributed by atoms with van der Waals surface area (Å²) < 4.78 is 0. The molecule has 60 valence electrons. The molecule has 0 spiro atoms. The van der Waals surface area contributed by atoms with Crippen molar-refractivity contribution in [3.8, 4) is 0 Å². The normalized spacial score (nSPS) is 17.3. The van der Waals surface area contributed by atoms with Gasteiger partial charge < -0.3 is 0 Å². The lowest BCUT2D eigenvalue weighted by molar-refractivity contribution is 1.01. The maximum Gasteiger partial charge on any atom is 0.0900 e. The molecule has 0 aliphatic heterocycles. The standard InChI is InChI=1S/C8H11NS2/c1-5-9-8(6-2-3-6)7(4-10)11-5/h6,10H,2-4H2,1H3. The van der Waals surface area contributed by atoms with Crippen LogP contribution in [0.25, 0.3) is 0 Å². The second-order valence-electron chi connectivity index (χ2n) is 2.97. The van der Waals surface area contributed by atoms with Crippen LogP contribution in [-0.2, 0) is 5.75 Å². The molecular weight excluding hydrogens is 174 g/mol. The molecule has 0 N–H and O–H groups in total. The number of thiol groups is 1. The Bertz CT molecular complexity index is 263. The van der Waals surface area contributed by atoms with Crippen molar-refractivity contribution in [3.05, 3.63) is 15.6 Å². The molecule has 3 heteroatoms. The van der Waals surface area contributed by atoms with Crippen LogP contribution in [0, 0.1) is 6.92 Å². The monoisotopic (exact) mass is 185 g/mol. The van der Waals surface area contributed by atoms with Gasteiger partial charge in [-0.05, 0) is 19.8 Å². The minimum atomic E-state index is 0.780. The van der Waals surface area contributed by atoms with Crippen molar-refractivity contribution in [3.63, 3.8) is 0 Å². The highest BCUT2D eigenvalue weighted by molar-refractivity contribution is 7.79. The van der Waals surface area contributed by atoms with Gasteiger partial charge >= 0.3 is 0 Å². The average Bonchev–Trinajstić information content (AvgIpc) is 2.75. The Morgan fingerprint density at radius 3 is 2.91 bits per heavy atom. The SMILES string of the molecule is Cc1nc(C2CC2)c(CS)s1. The van der Waals surface area contributed by atoms with Crippen LogP contribution in [-0.4, -0.2) is 4.98 Å². The van der Waals surface area contributed by atoms with Gasteiger partial charge in [-0.2, -0.15) is 12.6 Å². The fourth-order valence-corrected chi connectivity index (χ4v) is 2.51. The zero-order chi connectivity index (χ0) is 7.84. The van der Waals surface area contributed by atoms with Gasteiger partial charge in [0.25, 0.3) is 0 Å². The summed E-state index contributed by atoms with van der Waals surface area (Å²) >= 11 is 6.08. The lowest BCUT2D eigenvalue weighted by atomic mass is 10.3. The van der Waals surface area contributed by atoms with E-state index in [1.54, 1.807) is 11.3 Å². The summed E-state index contributed by atoms with van der Waals surface area (Å²) in [4.78, 5) is 5.90. The van der Waals surface area contributed by atoms with Gasteiger partial charge in [0.05, 0.1) is 10.7 Å². The molecule has 0 bridgehead atoms. The molecule has 1 aromatic rings. The van der Waals surface area contributed by atoms with E-state index in [2.05, 4.69) is 24.5 Å². The highest BCUT2D eigenvalue weighted by Gasteiger charge is 2.28. The van der Waals surface area contributed by atoms with E-state index < -0.39 is 0 Å². The summed E-state index contributed by atoms with van der Waals surface area (Å²) in [5, 5.41) is 1.19. The molecule has 11 heavy (non-hydrogen) atoms. The largest absolute Gasteiger partial charge is 0.246 e. The summed E-state index contributed by atoms with van der Waals surface area (Å²) in [6.45, 7) is 2.07. The van der Waals surface area contributed by atoms with Crippen LogP contribution >= 0.6 is 24.0 Å². The first-order valence-electron chi connectivity index (χ1n) is 3.88. The fraction of sp³-hybridized carbons (Fsp3) is 0.625. The van der Waals surface area contributed by atoms with Crippen LogP contribution in [0.3, 0.4) is 0 Å². The van der Waals surface area contributed by atoms with Crippen molar-refractivity contribution in [1.82, 2.24) is 4.98 Å². The Kier molecular flexibility index (Phi) is 1.93. The Labute approximate surface area is 76.3 Å². The predicted molar refractivity (Wildman–Crippen MR) is 51.5 cm³/mol. The first-order valence-corrected chi connectivity index (χ1v) is 5.33. The molecule has 1 aliphatic rings. The lowest BCUT2D eigenvalue weighted by Gasteiger charge is -1.92. The van der Waals surface area contributed by atoms with Gasteiger partial charge in [0.15, 0.2) is 0 Å². The van der Waals surface area contributed by atoms with E-state index in [9.17, 15) is 0 Å². The average molecular weight is 185 g/mol. The highest BCUT2D eigenvalue weighted by atomic mass is 32.1. The highest BCUT2D eigenvalue weighted by Crippen LogP contribution is 2.42. The number of aromatic nitrogens is 1. The lowest BCUT2D eigenvalue weighted by Crippen LogP contribution is -1.83. The molecule has 0 radical (unpaired) electrons. The molecule has 1 fully saturated rings. The van der Waals surface area contributed by atoms with E-state index in [0.717, 1.165) is 11.7 Å². The van der Waals surface area contributed by atoms with Crippen molar-refractivity contribution < 1.29 is 0 Å². The summed E-state index contributed by atoms with van der Waals surface area (Å²) in [7, 11) is 0. The molecule has 0 saturated heterocycles. The van der Waals surface area contributed by atoms with Crippen LogP contribution in [0.1, 0.15) is 34.3 Å². The first-order chi connectivity index (χ1) is 5.31. The second kappa shape index (κ2) is 2.79. The Morgan fingerprint density at radius 1 is 1.64 bits per heavy atom. The maximum atomic E-state index is 4.51. The summed E-state index contributed by atoms with van der Waals surface area (Å²) in [5.74, 6) is 1.64. The van der Waals surface area contributed by atoms with Gasteiger partial charge in [0.2, 0.25) is 0 Å². The number of rotatable bonds is 2. The molecule has 0 atom stereocenters. The zero-order valence-electron chi connectivity index (χ0n) is 6.50. The number of hydrogen-bond acceptors (Lipinski definition) is 3. The molecule has 1 heterocycles. The minimum Gasteiger partial charge on any atom is -0.246 e. The van der Waals surface area contributed by atoms with E-state index in [1.165, 1.54) is 28.4 Å². The number of hydrogen-bond donors (Lipinski definition) is 1. The summed E-state index contributed by atoms with van der Waals surface area (Å²) in [6.07, 6.45) is 2.67. The van der Waals surface area contributed by atoms with E-state index in [0.29, 0.717) is 0 Å². The second-order valence-corrected chi connectivity index (χ2v) is 4.58. The summed E-state index contributed by atoms with van der Waals surface area (Å²) in [6, 6.07) is 0. The Hall–Kier alpha value is -0.0200. The molecule has 1 aromatic heterocycles. The zero-order valence-corrected chi connectivity index (χ0v) is 8.21. The van der Waals surface area contributed by atoms with Gasteiger partial charge in [-0.3, -0.25) is 0 Å². The first kappa shape index (κ1) is 7.62. The number of nitrogens with zero attached hydrogens (tertiary/aromatic N) is 1. The third kappa shape index (κ3) is 1.44. The fourth-order valence-electron chi connectivity index (χ4n) is 1.27. The molecule has 0 unspecified atom stereocenters. The van der Waals surface area contributed by atoms with Crippen LogP contribution < -0.4 is 0 Å². The molecule has 1 nitrogen and oxygen atoms in total. The van der Waals surface area contributed by atoms with Gasteiger partial charge in [0.1, 0.15) is 0 Å². The van der Waals surface area contributed by atoms with Crippen molar-refractivity contribution >= 4 is 24.0 Å². The van der Waals surface area contributed by atoms with Gasteiger partial charge in [-0.1, -0.05) is 0 Å². The van der Waals surface area contributed by atoms with Gasteiger partial charge in [-0.15, -0.1) is 11.3 Å². The number of aryl methyl sites for hydroxylation is 1. The van der Waals surface area contributed by atoms with Crippen LogP contribution in [0.2, 0.25) is 0 Å². The van der Waals surface area contributed by atoms with Gasteiger partial charge in [-0.25, -0.2) is 4.98 Å². The molecule has 1 aliphatic carbocycles. The van der Waals surface area contributed by atoms with E-state index >= 15 is 0 Å². The van der Waals surface area contributed by atoms with Crippen molar-refractivity contribution in [1.29, 1.82) is 0 Å². The Morgan fingerprint density at radius 2 is 2.36 bits per heavy atom. The third-order valence-corrected chi connectivity index (χ3v) is 3.46. The van der Waals surface area contributed by atoms with Crippen LogP contribution in [0.5, 0.6) is 0 Å². The molecule has 1 saturated carbocycles. The third-order valence-electron chi connectivity index (χ3n) is 1.94. The topological polar surface area (TPSA) is 12.9 Å². The van der Waals surface area contributed by atoms with Crippen molar-refractivity contribution in [2.24, 2.45) is 0 Å². The Balaban J connectivity index is 2.34. The van der Waals surface area contributed by atoms with E-state index in [-0.39, 0.29) is 0 Å². The minimum absolute atomic E-state index is 0.780. The quantitative estimate of drug-likeness (QED) is 0.699. The molecular formula is C8H11NS2.